The Morgan fingerprint density at radius 2 is 1.91 bits per heavy atom. The van der Waals surface area contributed by atoms with Gasteiger partial charge in [0.1, 0.15) is 18.2 Å². The summed E-state index contributed by atoms with van der Waals surface area (Å²) in [6.07, 6.45) is 3.48. The van der Waals surface area contributed by atoms with Crippen molar-refractivity contribution < 1.29 is 23.5 Å². The van der Waals surface area contributed by atoms with Crippen molar-refractivity contribution in [3.05, 3.63) is 84.2 Å². The van der Waals surface area contributed by atoms with Gasteiger partial charge in [-0.2, -0.15) is 0 Å². The van der Waals surface area contributed by atoms with Gasteiger partial charge in [-0.05, 0) is 34.9 Å². The monoisotopic (exact) mass is 464 g/mol. The van der Waals surface area contributed by atoms with Crippen molar-refractivity contribution >= 4 is 17.6 Å². The lowest BCUT2D eigenvalue weighted by atomic mass is 9.73. The van der Waals surface area contributed by atoms with Gasteiger partial charge in [-0.1, -0.05) is 30.3 Å². The molecule has 2 aromatic carbocycles. The van der Waals surface area contributed by atoms with E-state index in [0.29, 0.717) is 0 Å². The molecule has 1 aromatic heterocycles. The maximum absolute atomic E-state index is 14.0. The number of aliphatic hydroxyl groups excluding tert-OH is 1. The largest absolute Gasteiger partial charge is 0.394 e. The Morgan fingerprint density at radius 3 is 2.62 bits per heavy atom. The number of fused-ring (bicyclic) bond motifs is 1. The van der Waals surface area contributed by atoms with Gasteiger partial charge in [0, 0.05) is 30.9 Å². The highest BCUT2D eigenvalue weighted by Crippen LogP contribution is 2.43. The molecule has 34 heavy (non-hydrogen) atoms. The lowest BCUT2D eigenvalue weighted by molar-refractivity contribution is -0.159. The van der Waals surface area contributed by atoms with Gasteiger partial charge < -0.3 is 20.2 Å². The maximum Gasteiger partial charge on any atom is 0.322 e. The summed E-state index contributed by atoms with van der Waals surface area (Å²) in [6, 6.07) is 13.0. The highest BCUT2D eigenvalue weighted by Gasteiger charge is 2.54. The molecular weight excluding hydrogens is 442 g/mol. The van der Waals surface area contributed by atoms with E-state index in [4.69, 9.17) is 0 Å². The quantitative estimate of drug-likeness (QED) is 0.621. The molecule has 0 aliphatic carbocycles. The number of pyridine rings is 1. The molecule has 2 aliphatic heterocycles. The van der Waals surface area contributed by atoms with Crippen LogP contribution in [0.15, 0.2) is 67.0 Å². The summed E-state index contributed by atoms with van der Waals surface area (Å²) in [7, 11) is 0. The van der Waals surface area contributed by atoms with E-state index in [1.54, 1.807) is 17.3 Å². The first kappa shape index (κ1) is 22.0. The zero-order valence-electron chi connectivity index (χ0n) is 18.1. The number of hydrogen-bond acceptors (Lipinski definition) is 4. The Labute approximate surface area is 194 Å². The van der Waals surface area contributed by atoms with Crippen LogP contribution in [-0.2, 0) is 4.79 Å². The highest BCUT2D eigenvalue weighted by atomic mass is 19.1. The third kappa shape index (κ3) is 3.88. The molecule has 3 atom stereocenters. The van der Waals surface area contributed by atoms with Gasteiger partial charge in [-0.15, -0.1) is 0 Å². The zero-order chi connectivity index (χ0) is 23.8. The minimum atomic E-state index is -0.768. The zero-order valence-corrected chi connectivity index (χ0v) is 18.1. The topological polar surface area (TPSA) is 85.8 Å². The number of anilines is 1. The van der Waals surface area contributed by atoms with E-state index in [0.717, 1.165) is 34.9 Å². The average Bonchev–Trinajstić information content (AvgIpc) is 2.83. The lowest BCUT2D eigenvalue weighted by Crippen LogP contribution is -2.73. The first-order valence-corrected chi connectivity index (χ1v) is 10.9. The first-order valence-electron chi connectivity index (χ1n) is 10.9. The number of carbonyl (C=O) groups excluding carboxylic acids is 2. The molecule has 3 aromatic rings. The number of urea groups is 1. The van der Waals surface area contributed by atoms with Crippen LogP contribution >= 0.6 is 0 Å². The average molecular weight is 464 g/mol. The van der Waals surface area contributed by atoms with Gasteiger partial charge in [-0.25, -0.2) is 13.6 Å². The van der Waals surface area contributed by atoms with Crippen molar-refractivity contribution in [3.8, 4) is 11.1 Å². The van der Waals surface area contributed by atoms with Crippen molar-refractivity contribution in [3.63, 3.8) is 0 Å². The van der Waals surface area contributed by atoms with E-state index in [-0.39, 0.29) is 49.3 Å². The molecule has 9 heteroatoms. The number of nitrogens with one attached hydrogen (secondary N) is 1. The molecule has 2 N–H and O–H groups in total. The Kier molecular flexibility index (Phi) is 5.70. The molecule has 3 heterocycles. The second-order valence-corrected chi connectivity index (χ2v) is 8.44. The van der Waals surface area contributed by atoms with Crippen LogP contribution < -0.4 is 5.32 Å². The number of rotatable bonds is 4. The van der Waals surface area contributed by atoms with Crippen LogP contribution in [0.3, 0.4) is 0 Å². The Hall–Kier alpha value is -3.85. The van der Waals surface area contributed by atoms with E-state index in [2.05, 4.69) is 10.3 Å². The van der Waals surface area contributed by atoms with Gasteiger partial charge in [0.2, 0.25) is 5.91 Å². The van der Waals surface area contributed by atoms with E-state index >= 15 is 0 Å². The summed E-state index contributed by atoms with van der Waals surface area (Å²) in [5, 5.41) is 12.3. The Bertz CT molecular complexity index is 1220. The van der Waals surface area contributed by atoms with E-state index < -0.39 is 17.7 Å². The molecule has 0 unspecified atom stereocenters. The summed E-state index contributed by atoms with van der Waals surface area (Å²) in [6.45, 7) is -0.194. The van der Waals surface area contributed by atoms with Crippen molar-refractivity contribution in [2.24, 2.45) is 0 Å². The molecule has 0 spiro atoms. The molecule has 3 amide bonds. The maximum atomic E-state index is 14.0. The number of halogens is 2. The van der Waals surface area contributed by atoms with Gasteiger partial charge in [-0.3, -0.25) is 9.78 Å². The number of nitrogens with zero attached hydrogens (tertiary/aromatic N) is 3. The fourth-order valence-electron chi connectivity index (χ4n) is 4.87. The van der Waals surface area contributed by atoms with Crippen LogP contribution in [0.5, 0.6) is 0 Å². The van der Waals surface area contributed by atoms with Crippen molar-refractivity contribution in [2.45, 2.75) is 18.0 Å². The molecule has 0 bridgehead atoms. The minimum absolute atomic E-state index is 0.168. The fourth-order valence-corrected chi connectivity index (χ4v) is 4.87. The standard InChI is InChI=1S/C25H22F2N4O3/c26-18-7-8-19(27)20(10-18)29-25(34)30-12-21-24(22(14-32)31(21)23(33)13-30)16-5-3-15(4-6-16)17-2-1-9-28-11-17/h1-11,21-22,24,32H,12-14H2,(H,29,34)/t21-,22+,24-/m1/s1. The van der Waals surface area contributed by atoms with Crippen LogP contribution in [0.4, 0.5) is 19.3 Å². The highest BCUT2D eigenvalue weighted by molar-refractivity contribution is 5.94. The predicted molar refractivity (Wildman–Crippen MR) is 121 cm³/mol. The number of piperazine rings is 1. The van der Waals surface area contributed by atoms with Gasteiger partial charge >= 0.3 is 6.03 Å². The Balaban J connectivity index is 1.35. The molecule has 7 nitrogen and oxygen atoms in total. The van der Waals surface area contributed by atoms with Crippen LogP contribution in [0.2, 0.25) is 0 Å². The summed E-state index contributed by atoms with van der Waals surface area (Å²) < 4.78 is 27.4. The number of benzene rings is 2. The summed E-state index contributed by atoms with van der Waals surface area (Å²) in [5.41, 5.74) is 2.62. The second kappa shape index (κ2) is 8.83. The number of hydrogen-bond donors (Lipinski definition) is 2. The van der Waals surface area contributed by atoms with Crippen LogP contribution in [0, 0.1) is 11.6 Å². The first-order chi connectivity index (χ1) is 16.5. The third-order valence-electron chi connectivity index (χ3n) is 6.50. The van der Waals surface area contributed by atoms with Crippen LogP contribution in [-0.4, -0.2) is 63.6 Å². The number of amides is 3. The molecule has 0 radical (unpaired) electrons. The van der Waals surface area contributed by atoms with Crippen LogP contribution in [0.25, 0.3) is 11.1 Å². The van der Waals surface area contributed by atoms with Crippen LogP contribution in [0.1, 0.15) is 11.5 Å². The fraction of sp³-hybridized carbons (Fsp3) is 0.240. The Morgan fingerprint density at radius 1 is 1.12 bits per heavy atom. The predicted octanol–water partition coefficient (Wildman–Crippen LogP) is 3.23. The van der Waals surface area contributed by atoms with Crippen molar-refractivity contribution in [1.82, 2.24) is 14.8 Å². The summed E-state index contributed by atoms with van der Waals surface area (Å²) >= 11 is 0. The molecule has 2 fully saturated rings. The molecule has 2 aliphatic rings. The SMILES string of the molecule is O=C(Nc1cc(F)ccc1F)N1CC(=O)N2[C@H](C1)[C@@H](c1ccc(-c3cccnc3)cc1)[C@@H]2CO. The molecule has 2 saturated heterocycles. The molecule has 5 rings (SSSR count). The third-order valence-corrected chi connectivity index (χ3v) is 6.50. The van der Waals surface area contributed by atoms with Crippen molar-refractivity contribution in [1.29, 1.82) is 0 Å². The normalized spacial score (nSPS) is 21.6. The number of aliphatic hydroxyl groups is 1. The summed E-state index contributed by atoms with van der Waals surface area (Å²) in [5.74, 6) is -1.92. The van der Waals surface area contributed by atoms with E-state index in [9.17, 15) is 23.5 Å². The lowest BCUT2D eigenvalue weighted by Gasteiger charge is -2.58. The number of aromatic nitrogens is 1. The van der Waals surface area contributed by atoms with Gasteiger partial charge in [0.25, 0.3) is 0 Å². The minimum Gasteiger partial charge on any atom is -0.394 e. The molecule has 174 valence electrons. The molecule has 0 saturated carbocycles. The van der Waals surface area contributed by atoms with Gasteiger partial charge in [0.15, 0.2) is 0 Å². The van der Waals surface area contributed by atoms with Gasteiger partial charge in [0.05, 0.1) is 24.4 Å². The molecular formula is C25H22F2N4O3. The summed E-state index contributed by atoms with van der Waals surface area (Å²) in [4.78, 5) is 32.6. The van der Waals surface area contributed by atoms with Crippen molar-refractivity contribution in [2.75, 3.05) is 25.0 Å². The number of carbonyl (C=O) groups is 2. The smallest absolute Gasteiger partial charge is 0.322 e. The second-order valence-electron chi connectivity index (χ2n) is 8.44. The van der Waals surface area contributed by atoms with E-state index in [1.807, 2.05) is 36.4 Å². The van der Waals surface area contributed by atoms with E-state index in [1.165, 1.54) is 4.90 Å².